The van der Waals surface area contributed by atoms with E-state index in [1.807, 2.05) is 26.8 Å². The number of nitrogens with zero attached hydrogens (tertiary/aromatic N) is 3. The first kappa shape index (κ1) is 13.6. The molecule has 0 amide bonds. The molecule has 0 bridgehead atoms. The fourth-order valence-corrected chi connectivity index (χ4v) is 2.01. The number of nitrogens with two attached hydrogens (primary N) is 1. The van der Waals surface area contributed by atoms with Crippen LogP contribution in [0.4, 0.5) is 5.69 Å². The van der Waals surface area contributed by atoms with E-state index in [0.717, 1.165) is 10.1 Å². The molecule has 2 N–H and O–H groups in total. The highest BCUT2D eigenvalue weighted by atomic mass is 32.2. The van der Waals surface area contributed by atoms with Crippen molar-refractivity contribution in [2.45, 2.75) is 36.4 Å². The van der Waals surface area contributed by atoms with E-state index in [9.17, 15) is 0 Å². The molecule has 0 atom stereocenters. The van der Waals surface area contributed by atoms with E-state index >= 15 is 0 Å². The molecule has 0 spiro atoms. The summed E-state index contributed by atoms with van der Waals surface area (Å²) < 4.78 is 5.73. The summed E-state index contributed by atoms with van der Waals surface area (Å²) in [7, 11) is 0. The van der Waals surface area contributed by atoms with Crippen molar-refractivity contribution in [1.82, 2.24) is 15.0 Å². The molecule has 0 unspecified atom stereocenters. The first-order valence-corrected chi connectivity index (χ1v) is 6.65. The lowest BCUT2D eigenvalue weighted by Crippen LogP contribution is -2.24. The van der Waals surface area contributed by atoms with Crippen molar-refractivity contribution in [3.8, 4) is 5.88 Å². The molecule has 0 aromatic carbocycles. The predicted octanol–water partition coefficient (Wildman–Crippen LogP) is 2.78. The molecule has 0 fully saturated rings. The summed E-state index contributed by atoms with van der Waals surface area (Å²) in [5.41, 5.74) is 6.06. The molecule has 0 aliphatic rings. The minimum atomic E-state index is -0.336. The van der Waals surface area contributed by atoms with Gasteiger partial charge in [-0.15, -0.1) is 0 Å². The number of aromatic nitrogens is 3. The highest BCUT2D eigenvalue weighted by Crippen LogP contribution is 2.29. The van der Waals surface area contributed by atoms with E-state index < -0.39 is 0 Å². The summed E-state index contributed by atoms with van der Waals surface area (Å²) >= 11 is 1.42. The Morgan fingerprint density at radius 3 is 2.58 bits per heavy atom. The first-order chi connectivity index (χ1) is 8.94. The third kappa shape index (κ3) is 4.10. The predicted molar refractivity (Wildman–Crippen MR) is 75.2 cm³/mol. The SMILES string of the molecule is CC(C)(C)Oc1nc(Sc2cnccn2)ccc1N. The van der Waals surface area contributed by atoms with E-state index in [-0.39, 0.29) is 5.60 Å². The van der Waals surface area contributed by atoms with Crippen molar-refractivity contribution in [1.29, 1.82) is 0 Å². The van der Waals surface area contributed by atoms with Crippen molar-refractivity contribution < 1.29 is 4.74 Å². The van der Waals surface area contributed by atoms with Crippen LogP contribution in [-0.2, 0) is 0 Å². The molecule has 6 heteroatoms. The van der Waals surface area contributed by atoms with Crippen LogP contribution in [0.3, 0.4) is 0 Å². The normalized spacial score (nSPS) is 11.3. The first-order valence-electron chi connectivity index (χ1n) is 5.83. The molecule has 2 aromatic heterocycles. The van der Waals surface area contributed by atoms with Gasteiger partial charge in [-0.1, -0.05) is 0 Å². The maximum Gasteiger partial charge on any atom is 0.238 e. The van der Waals surface area contributed by atoms with Crippen molar-refractivity contribution in [2.75, 3.05) is 5.73 Å². The second kappa shape index (κ2) is 5.44. The number of hydrogen-bond acceptors (Lipinski definition) is 6. The summed E-state index contributed by atoms with van der Waals surface area (Å²) in [5.74, 6) is 0.446. The van der Waals surface area contributed by atoms with Gasteiger partial charge in [-0.25, -0.2) is 9.97 Å². The average molecular weight is 276 g/mol. The Bertz CT molecular complexity index is 554. The maximum atomic E-state index is 5.87. The Morgan fingerprint density at radius 1 is 1.16 bits per heavy atom. The quantitative estimate of drug-likeness (QED) is 0.929. The van der Waals surface area contributed by atoms with Crippen molar-refractivity contribution in [3.63, 3.8) is 0 Å². The fourth-order valence-electron chi connectivity index (χ4n) is 1.31. The molecule has 100 valence electrons. The standard InChI is InChI=1S/C13H16N4OS/c1-13(2,3)18-12-9(14)4-5-10(17-12)19-11-8-15-6-7-16-11/h4-8H,14H2,1-3H3. The zero-order valence-corrected chi connectivity index (χ0v) is 11.9. The summed E-state index contributed by atoms with van der Waals surface area (Å²) in [5, 5.41) is 1.55. The zero-order chi connectivity index (χ0) is 13.9. The van der Waals surface area contributed by atoms with Crippen LogP contribution in [0.5, 0.6) is 5.88 Å². The van der Waals surface area contributed by atoms with Gasteiger partial charge in [0.2, 0.25) is 5.88 Å². The van der Waals surface area contributed by atoms with Crippen LogP contribution < -0.4 is 10.5 Å². The Labute approximate surface area is 116 Å². The highest BCUT2D eigenvalue weighted by Gasteiger charge is 2.15. The minimum Gasteiger partial charge on any atom is -0.470 e. The molecular formula is C13H16N4OS. The third-order valence-electron chi connectivity index (χ3n) is 2.02. The smallest absolute Gasteiger partial charge is 0.238 e. The van der Waals surface area contributed by atoms with Crippen LogP contribution in [0.2, 0.25) is 0 Å². The van der Waals surface area contributed by atoms with Gasteiger partial charge in [0.05, 0.1) is 11.9 Å². The molecule has 19 heavy (non-hydrogen) atoms. The van der Waals surface area contributed by atoms with E-state index in [0.29, 0.717) is 11.6 Å². The van der Waals surface area contributed by atoms with Gasteiger partial charge in [0.1, 0.15) is 15.7 Å². The van der Waals surface area contributed by atoms with Gasteiger partial charge in [0.15, 0.2) is 0 Å². The van der Waals surface area contributed by atoms with E-state index in [1.165, 1.54) is 11.8 Å². The largest absolute Gasteiger partial charge is 0.470 e. The topological polar surface area (TPSA) is 73.9 Å². The summed E-state index contributed by atoms with van der Waals surface area (Å²) in [6.45, 7) is 5.86. The Kier molecular flexibility index (Phi) is 3.90. The van der Waals surface area contributed by atoms with Crippen LogP contribution in [0.1, 0.15) is 20.8 Å². The molecular weight excluding hydrogens is 260 g/mol. The molecule has 0 aliphatic heterocycles. The molecule has 2 rings (SSSR count). The van der Waals surface area contributed by atoms with Crippen molar-refractivity contribution in [3.05, 3.63) is 30.7 Å². The Morgan fingerprint density at radius 2 is 1.95 bits per heavy atom. The Balaban J connectivity index is 2.21. The summed E-state index contributed by atoms with van der Waals surface area (Å²) in [4.78, 5) is 12.6. The number of hydrogen-bond donors (Lipinski definition) is 1. The van der Waals surface area contributed by atoms with E-state index in [1.54, 1.807) is 24.7 Å². The van der Waals surface area contributed by atoms with Gasteiger partial charge in [-0.3, -0.25) is 4.98 Å². The third-order valence-corrected chi connectivity index (χ3v) is 2.87. The molecule has 0 aliphatic carbocycles. The fraction of sp³-hybridized carbons (Fsp3) is 0.308. The molecule has 0 saturated heterocycles. The lowest BCUT2D eigenvalue weighted by Gasteiger charge is -2.21. The Hall–Kier alpha value is -1.82. The minimum absolute atomic E-state index is 0.336. The van der Waals surface area contributed by atoms with Crippen molar-refractivity contribution in [2.24, 2.45) is 0 Å². The molecule has 0 saturated carbocycles. The molecule has 2 aromatic rings. The summed E-state index contributed by atoms with van der Waals surface area (Å²) in [6, 6.07) is 3.62. The van der Waals surface area contributed by atoms with Crippen molar-refractivity contribution >= 4 is 17.4 Å². The lowest BCUT2D eigenvalue weighted by atomic mass is 10.2. The lowest BCUT2D eigenvalue weighted by molar-refractivity contribution is 0.124. The number of anilines is 1. The number of pyridine rings is 1. The van der Waals surface area contributed by atoms with Crippen LogP contribution in [0.15, 0.2) is 40.8 Å². The van der Waals surface area contributed by atoms with Gasteiger partial charge in [0.25, 0.3) is 0 Å². The van der Waals surface area contributed by atoms with Gasteiger partial charge in [-0.2, -0.15) is 0 Å². The zero-order valence-electron chi connectivity index (χ0n) is 11.1. The summed E-state index contributed by atoms with van der Waals surface area (Å²) in [6.07, 6.45) is 4.97. The second-order valence-corrected chi connectivity index (χ2v) is 5.94. The molecule has 0 radical (unpaired) electrons. The number of ether oxygens (including phenoxy) is 1. The number of rotatable bonds is 3. The van der Waals surface area contributed by atoms with Crippen LogP contribution in [0, 0.1) is 0 Å². The van der Waals surface area contributed by atoms with Crippen LogP contribution >= 0.6 is 11.8 Å². The van der Waals surface area contributed by atoms with Gasteiger partial charge in [-0.05, 0) is 44.7 Å². The molecule has 2 heterocycles. The maximum absolute atomic E-state index is 5.87. The molecule has 5 nitrogen and oxygen atoms in total. The monoisotopic (exact) mass is 276 g/mol. The van der Waals surface area contributed by atoms with Gasteiger partial charge < -0.3 is 10.5 Å². The van der Waals surface area contributed by atoms with E-state index in [2.05, 4.69) is 15.0 Å². The number of nitrogen functional groups attached to an aromatic ring is 1. The highest BCUT2D eigenvalue weighted by molar-refractivity contribution is 7.99. The van der Waals surface area contributed by atoms with Gasteiger partial charge >= 0.3 is 0 Å². The second-order valence-electron chi connectivity index (χ2n) is 4.90. The van der Waals surface area contributed by atoms with Crippen LogP contribution in [-0.4, -0.2) is 20.6 Å². The van der Waals surface area contributed by atoms with Crippen LogP contribution in [0.25, 0.3) is 0 Å². The van der Waals surface area contributed by atoms with Gasteiger partial charge in [0, 0.05) is 12.4 Å². The van der Waals surface area contributed by atoms with E-state index in [4.69, 9.17) is 10.5 Å². The average Bonchev–Trinajstić information content (AvgIpc) is 2.33.